The third-order valence-corrected chi connectivity index (χ3v) is 8.89. The predicted octanol–water partition coefficient (Wildman–Crippen LogP) is 7.20. The number of nitrogens with two attached hydrogens (primary N) is 1. The second kappa shape index (κ2) is 11.5. The van der Waals surface area contributed by atoms with Crippen LogP contribution in [-0.4, -0.2) is 22.6 Å². The highest BCUT2D eigenvalue weighted by Crippen LogP contribution is 2.37. The lowest BCUT2D eigenvalue weighted by Gasteiger charge is -2.27. The number of amides is 1. The van der Waals surface area contributed by atoms with Crippen LogP contribution in [0.5, 0.6) is 0 Å². The standard InChI is InChI=1S/C31H40BrN3O/c1-21-6-5-9-23(16-21)28(18-31(36)34-26-13-11-25(33)12-14-26)29-20-35(19-22-7-3-2-4-8-22)30-17-24(32)10-15-27(29)30/h5-6,9-10,15-17,20,22,25-26,28H,2-4,7-8,11-14,18-19,33H2,1H3,(H,34,36)/t25-,26-,28?. The van der Waals surface area contributed by atoms with E-state index in [0.717, 1.165) is 42.6 Å². The maximum absolute atomic E-state index is 13.4. The number of benzene rings is 2. The summed E-state index contributed by atoms with van der Waals surface area (Å²) in [7, 11) is 0. The van der Waals surface area contributed by atoms with Crippen molar-refractivity contribution >= 4 is 32.7 Å². The van der Waals surface area contributed by atoms with E-state index in [1.807, 2.05) is 0 Å². The molecule has 5 rings (SSSR count). The van der Waals surface area contributed by atoms with Crippen molar-refractivity contribution in [2.45, 2.75) is 95.7 Å². The van der Waals surface area contributed by atoms with Crippen LogP contribution in [0.2, 0.25) is 0 Å². The Balaban J connectivity index is 1.48. The average Bonchev–Trinajstić information content (AvgIpc) is 3.21. The van der Waals surface area contributed by atoms with Crippen molar-refractivity contribution in [1.82, 2.24) is 9.88 Å². The number of aryl methyl sites for hydroxylation is 1. The summed E-state index contributed by atoms with van der Waals surface area (Å²) in [5.74, 6) is 0.902. The first-order chi connectivity index (χ1) is 17.5. The van der Waals surface area contributed by atoms with Crippen molar-refractivity contribution in [2.75, 3.05) is 0 Å². The van der Waals surface area contributed by atoms with Crippen LogP contribution < -0.4 is 11.1 Å². The highest BCUT2D eigenvalue weighted by molar-refractivity contribution is 9.10. The number of rotatable bonds is 7. The third-order valence-electron chi connectivity index (χ3n) is 8.40. The molecule has 1 aromatic heterocycles. The first kappa shape index (κ1) is 25.5. The van der Waals surface area contributed by atoms with Crippen LogP contribution in [0.4, 0.5) is 0 Å². The summed E-state index contributed by atoms with van der Waals surface area (Å²) in [6.07, 6.45) is 13.5. The van der Waals surface area contributed by atoms with Crippen molar-refractivity contribution in [2.24, 2.45) is 11.7 Å². The summed E-state index contributed by atoms with van der Waals surface area (Å²) in [6.45, 7) is 3.19. The number of nitrogens with one attached hydrogen (secondary N) is 1. The molecule has 4 nitrogen and oxygen atoms in total. The molecule has 2 aliphatic carbocycles. The van der Waals surface area contributed by atoms with E-state index in [-0.39, 0.29) is 23.9 Å². The Morgan fingerprint density at radius 3 is 2.58 bits per heavy atom. The van der Waals surface area contributed by atoms with Gasteiger partial charge in [-0.05, 0) is 74.6 Å². The fraction of sp³-hybridized carbons (Fsp3) is 0.516. The number of fused-ring (bicyclic) bond motifs is 1. The second-order valence-corrected chi connectivity index (χ2v) is 12.2. The summed E-state index contributed by atoms with van der Waals surface area (Å²) < 4.78 is 3.57. The quantitative estimate of drug-likeness (QED) is 0.327. The molecule has 0 saturated heterocycles. The molecule has 3 aromatic rings. The van der Waals surface area contributed by atoms with Gasteiger partial charge in [0.1, 0.15) is 0 Å². The predicted molar refractivity (Wildman–Crippen MR) is 152 cm³/mol. The molecule has 2 aromatic carbocycles. The smallest absolute Gasteiger partial charge is 0.221 e. The Morgan fingerprint density at radius 1 is 1.06 bits per heavy atom. The van der Waals surface area contributed by atoms with Crippen molar-refractivity contribution < 1.29 is 4.79 Å². The van der Waals surface area contributed by atoms with Gasteiger partial charge in [-0.1, -0.05) is 71.1 Å². The molecule has 1 atom stereocenters. The van der Waals surface area contributed by atoms with Gasteiger partial charge in [-0.15, -0.1) is 0 Å². The minimum atomic E-state index is 0.0204. The van der Waals surface area contributed by atoms with Gasteiger partial charge in [-0.2, -0.15) is 0 Å². The van der Waals surface area contributed by atoms with E-state index in [2.05, 4.69) is 81.4 Å². The van der Waals surface area contributed by atoms with Gasteiger partial charge < -0.3 is 15.6 Å². The largest absolute Gasteiger partial charge is 0.353 e. The molecule has 0 aliphatic heterocycles. The monoisotopic (exact) mass is 549 g/mol. The van der Waals surface area contributed by atoms with Gasteiger partial charge in [0.15, 0.2) is 0 Å². The molecule has 192 valence electrons. The van der Waals surface area contributed by atoms with E-state index >= 15 is 0 Å². The molecule has 2 saturated carbocycles. The van der Waals surface area contributed by atoms with E-state index in [1.54, 1.807) is 0 Å². The summed E-state index contributed by atoms with van der Waals surface area (Å²) >= 11 is 3.71. The number of hydrogen-bond acceptors (Lipinski definition) is 2. The van der Waals surface area contributed by atoms with Crippen molar-refractivity contribution in [3.05, 3.63) is 69.8 Å². The fourth-order valence-corrected chi connectivity index (χ4v) is 6.75. The first-order valence-electron chi connectivity index (χ1n) is 13.9. The molecule has 36 heavy (non-hydrogen) atoms. The van der Waals surface area contributed by atoms with Gasteiger partial charge in [0, 0.05) is 52.5 Å². The molecule has 1 heterocycles. The molecule has 0 bridgehead atoms. The molecule has 2 fully saturated rings. The van der Waals surface area contributed by atoms with Crippen LogP contribution in [0.15, 0.2) is 53.1 Å². The zero-order chi connectivity index (χ0) is 25.1. The zero-order valence-electron chi connectivity index (χ0n) is 21.5. The average molecular weight is 551 g/mol. The number of hydrogen-bond donors (Lipinski definition) is 2. The minimum Gasteiger partial charge on any atom is -0.353 e. The molecule has 5 heteroatoms. The van der Waals surface area contributed by atoms with E-state index in [1.165, 1.54) is 59.7 Å². The Hall–Kier alpha value is -2.11. The van der Waals surface area contributed by atoms with Crippen LogP contribution in [0.3, 0.4) is 0 Å². The lowest BCUT2D eigenvalue weighted by molar-refractivity contribution is -0.122. The number of carbonyl (C=O) groups excluding carboxylic acids is 1. The van der Waals surface area contributed by atoms with E-state index in [4.69, 9.17) is 5.73 Å². The molecule has 3 N–H and O–H groups in total. The number of carbonyl (C=O) groups is 1. The minimum absolute atomic E-state index is 0.0204. The maximum Gasteiger partial charge on any atom is 0.221 e. The number of halogens is 1. The van der Waals surface area contributed by atoms with Crippen LogP contribution in [0.25, 0.3) is 10.9 Å². The van der Waals surface area contributed by atoms with Crippen molar-refractivity contribution in [3.8, 4) is 0 Å². The third kappa shape index (κ3) is 6.06. The van der Waals surface area contributed by atoms with Gasteiger partial charge >= 0.3 is 0 Å². The van der Waals surface area contributed by atoms with Gasteiger partial charge in [0.2, 0.25) is 5.91 Å². The molecule has 0 spiro atoms. The van der Waals surface area contributed by atoms with E-state index < -0.39 is 0 Å². The van der Waals surface area contributed by atoms with Gasteiger partial charge in [-0.25, -0.2) is 0 Å². The lowest BCUT2D eigenvalue weighted by Crippen LogP contribution is -2.40. The Bertz CT molecular complexity index is 1190. The normalized spacial score (nSPS) is 22.0. The zero-order valence-corrected chi connectivity index (χ0v) is 23.1. The molecular weight excluding hydrogens is 510 g/mol. The molecule has 1 unspecified atom stereocenters. The second-order valence-electron chi connectivity index (χ2n) is 11.3. The Labute approximate surface area is 224 Å². The molecule has 1 amide bonds. The van der Waals surface area contributed by atoms with E-state index in [0.29, 0.717) is 6.42 Å². The summed E-state index contributed by atoms with van der Waals surface area (Å²) in [5.41, 5.74) is 11.1. The van der Waals surface area contributed by atoms with Gasteiger partial charge in [0.25, 0.3) is 0 Å². The fourth-order valence-electron chi connectivity index (χ4n) is 6.40. The molecular formula is C31H40BrN3O. The Kier molecular flexibility index (Phi) is 8.17. The van der Waals surface area contributed by atoms with Gasteiger partial charge in [-0.3, -0.25) is 4.79 Å². The number of aromatic nitrogens is 1. The highest BCUT2D eigenvalue weighted by Gasteiger charge is 2.26. The Morgan fingerprint density at radius 2 is 1.83 bits per heavy atom. The summed E-state index contributed by atoms with van der Waals surface area (Å²) in [5, 5.41) is 4.61. The highest BCUT2D eigenvalue weighted by atomic mass is 79.9. The SMILES string of the molecule is Cc1cccc(C(CC(=O)N[C@H]2CC[C@H](N)CC2)c2cn(CC3CCCCC3)c3cc(Br)ccc23)c1. The number of nitrogens with zero attached hydrogens (tertiary/aromatic N) is 1. The summed E-state index contributed by atoms with van der Waals surface area (Å²) in [6, 6.07) is 15.8. The van der Waals surface area contributed by atoms with Crippen molar-refractivity contribution in [3.63, 3.8) is 0 Å². The van der Waals surface area contributed by atoms with Crippen LogP contribution in [-0.2, 0) is 11.3 Å². The summed E-state index contributed by atoms with van der Waals surface area (Å²) in [4.78, 5) is 13.4. The maximum atomic E-state index is 13.4. The molecule has 2 aliphatic rings. The van der Waals surface area contributed by atoms with Crippen LogP contribution >= 0.6 is 15.9 Å². The lowest BCUT2D eigenvalue weighted by atomic mass is 9.86. The molecule has 0 radical (unpaired) electrons. The van der Waals surface area contributed by atoms with Crippen LogP contribution in [0, 0.1) is 12.8 Å². The van der Waals surface area contributed by atoms with Gasteiger partial charge in [0.05, 0.1) is 0 Å². The van der Waals surface area contributed by atoms with Crippen molar-refractivity contribution in [1.29, 1.82) is 0 Å². The van der Waals surface area contributed by atoms with E-state index in [9.17, 15) is 4.79 Å². The first-order valence-corrected chi connectivity index (χ1v) is 14.7. The van der Waals surface area contributed by atoms with Crippen LogP contribution in [0.1, 0.15) is 86.8 Å². The topological polar surface area (TPSA) is 60.1 Å².